The first kappa shape index (κ1) is 12.9. The number of fused-ring (bicyclic) bond motifs is 3. The fourth-order valence-corrected chi connectivity index (χ4v) is 3.39. The van der Waals surface area contributed by atoms with Gasteiger partial charge in [-0.2, -0.15) is 0 Å². The van der Waals surface area contributed by atoms with Crippen LogP contribution in [0.1, 0.15) is 53.7 Å². The van der Waals surface area contributed by atoms with E-state index in [0.29, 0.717) is 0 Å². The Labute approximate surface area is 125 Å². The van der Waals surface area contributed by atoms with Gasteiger partial charge >= 0.3 is 0 Å². The molecule has 3 heteroatoms. The molecule has 2 aliphatic carbocycles. The van der Waals surface area contributed by atoms with Crippen molar-refractivity contribution in [2.75, 3.05) is 6.54 Å². The lowest BCUT2D eigenvalue weighted by molar-refractivity contribution is 0.0952. The average Bonchev–Trinajstić information content (AvgIpc) is 3.29. The quantitative estimate of drug-likeness (QED) is 0.830. The van der Waals surface area contributed by atoms with Crippen molar-refractivity contribution < 1.29 is 4.79 Å². The normalized spacial score (nSPS) is 18.3. The summed E-state index contributed by atoms with van der Waals surface area (Å²) >= 11 is 0. The molecule has 0 aliphatic heterocycles. The molecule has 0 radical (unpaired) electrons. The van der Waals surface area contributed by atoms with Crippen molar-refractivity contribution in [3.8, 4) is 0 Å². The molecule has 1 heterocycles. The molecule has 110 valence electrons. The number of aromatic nitrogens is 1. The van der Waals surface area contributed by atoms with Crippen LogP contribution in [-0.4, -0.2) is 17.4 Å². The van der Waals surface area contributed by atoms with Gasteiger partial charge in [0, 0.05) is 28.7 Å². The third-order valence-electron chi connectivity index (χ3n) is 4.86. The topological polar surface area (TPSA) is 44.9 Å². The second kappa shape index (κ2) is 5.21. The summed E-state index contributed by atoms with van der Waals surface area (Å²) in [6.07, 6.45) is 8.67. The molecule has 1 aromatic carbocycles. The number of H-pyrrole nitrogens is 1. The Bertz CT molecular complexity index is 682. The minimum atomic E-state index is 0.0763. The Hall–Kier alpha value is -1.77. The fourth-order valence-electron chi connectivity index (χ4n) is 3.39. The summed E-state index contributed by atoms with van der Waals surface area (Å²) in [6.45, 7) is 0.835. The smallest absolute Gasteiger partial charge is 0.251 e. The van der Waals surface area contributed by atoms with Crippen molar-refractivity contribution in [2.45, 2.75) is 44.9 Å². The largest absolute Gasteiger partial charge is 0.358 e. The van der Waals surface area contributed by atoms with Crippen LogP contribution in [0, 0.1) is 5.92 Å². The van der Waals surface area contributed by atoms with Gasteiger partial charge in [0.25, 0.3) is 5.91 Å². The third kappa shape index (κ3) is 2.57. The van der Waals surface area contributed by atoms with Crippen molar-refractivity contribution in [1.82, 2.24) is 10.3 Å². The van der Waals surface area contributed by atoms with Crippen LogP contribution in [0.4, 0.5) is 0 Å². The molecule has 0 bridgehead atoms. The molecule has 0 unspecified atom stereocenters. The van der Waals surface area contributed by atoms with Crippen molar-refractivity contribution in [2.24, 2.45) is 5.92 Å². The Morgan fingerprint density at radius 1 is 1.19 bits per heavy atom. The fraction of sp³-hybridized carbons (Fsp3) is 0.500. The standard InChI is InChI=1S/C18H22N2O/c21-18(19-11-12-6-7-12)13-8-9-17-15(10-13)14-4-2-1-3-5-16(14)20-17/h8-10,12,20H,1-7,11H2,(H,19,21). The first-order valence-electron chi connectivity index (χ1n) is 8.23. The number of rotatable bonds is 3. The van der Waals surface area contributed by atoms with E-state index in [1.807, 2.05) is 6.07 Å². The van der Waals surface area contributed by atoms with Crippen LogP contribution in [-0.2, 0) is 12.8 Å². The summed E-state index contributed by atoms with van der Waals surface area (Å²) in [6, 6.07) is 6.09. The number of aryl methyl sites for hydroxylation is 2. The number of amides is 1. The van der Waals surface area contributed by atoms with Crippen molar-refractivity contribution >= 4 is 16.8 Å². The molecule has 21 heavy (non-hydrogen) atoms. The maximum Gasteiger partial charge on any atom is 0.251 e. The molecular formula is C18H22N2O. The van der Waals surface area contributed by atoms with Crippen LogP contribution in [0.3, 0.4) is 0 Å². The maximum absolute atomic E-state index is 12.3. The molecule has 4 rings (SSSR count). The second-order valence-electron chi connectivity index (χ2n) is 6.56. The number of carbonyl (C=O) groups excluding carboxylic acids is 1. The van der Waals surface area contributed by atoms with E-state index in [2.05, 4.69) is 22.4 Å². The molecule has 1 saturated carbocycles. The van der Waals surface area contributed by atoms with Crippen LogP contribution in [0.15, 0.2) is 18.2 Å². The lowest BCUT2D eigenvalue weighted by Crippen LogP contribution is -2.25. The lowest BCUT2D eigenvalue weighted by atomic mass is 10.0. The highest BCUT2D eigenvalue weighted by Crippen LogP contribution is 2.30. The van der Waals surface area contributed by atoms with E-state index in [1.165, 1.54) is 54.3 Å². The highest BCUT2D eigenvalue weighted by molar-refractivity contribution is 5.99. The third-order valence-corrected chi connectivity index (χ3v) is 4.86. The zero-order valence-electron chi connectivity index (χ0n) is 12.4. The number of aromatic amines is 1. The van der Waals surface area contributed by atoms with Crippen molar-refractivity contribution in [3.05, 3.63) is 35.0 Å². The molecule has 0 atom stereocenters. The number of hydrogen-bond acceptors (Lipinski definition) is 1. The monoisotopic (exact) mass is 282 g/mol. The van der Waals surface area contributed by atoms with E-state index in [-0.39, 0.29) is 5.91 Å². The summed E-state index contributed by atoms with van der Waals surface area (Å²) in [5.74, 6) is 0.800. The van der Waals surface area contributed by atoms with Crippen LogP contribution < -0.4 is 5.32 Å². The van der Waals surface area contributed by atoms with Crippen molar-refractivity contribution in [1.29, 1.82) is 0 Å². The first-order valence-corrected chi connectivity index (χ1v) is 8.23. The molecule has 1 amide bonds. The molecule has 3 nitrogen and oxygen atoms in total. The lowest BCUT2D eigenvalue weighted by Gasteiger charge is -2.05. The van der Waals surface area contributed by atoms with Gasteiger partial charge in [-0.25, -0.2) is 0 Å². The second-order valence-corrected chi connectivity index (χ2v) is 6.56. The maximum atomic E-state index is 12.3. The van der Waals surface area contributed by atoms with Crippen LogP contribution in [0.2, 0.25) is 0 Å². The molecule has 2 N–H and O–H groups in total. The summed E-state index contributed by atoms with van der Waals surface area (Å²) in [5, 5.41) is 4.32. The molecule has 2 aromatic rings. The van der Waals surface area contributed by atoms with Gasteiger partial charge in [-0.1, -0.05) is 6.42 Å². The molecule has 2 aliphatic rings. The van der Waals surface area contributed by atoms with E-state index >= 15 is 0 Å². The molecule has 1 aromatic heterocycles. The SMILES string of the molecule is O=C(NCC1CC1)c1ccc2[nH]c3c(c2c1)CCCCC3. The highest BCUT2D eigenvalue weighted by atomic mass is 16.1. The molecular weight excluding hydrogens is 260 g/mol. The Morgan fingerprint density at radius 3 is 2.90 bits per heavy atom. The predicted molar refractivity (Wildman–Crippen MR) is 84.6 cm³/mol. The summed E-state index contributed by atoms with van der Waals surface area (Å²) in [5.41, 5.74) is 4.81. The molecule has 1 fully saturated rings. The molecule has 0 spiro atoms. The zero-order valence-corrected chi connectivity index (χ0v) is 12.4. The molecule has 0 saturated heterocycles. The number of hydrogen-bond donors (Lipinski definition) is 2. The Balaban J connectivity index is 1.64. The van der Waals surface area contributed by atoms with Crippen LogP contribution in [0.25, 0.3) is 10.9 Å². The van der Waals surface area contributed by atoms with E-state index < -0.39 is 0 Å². The van der Waals surface area contributed by atoms with Crippen molar-refractivity contribution in [3.63, 3.8) is 0 Å². The van der Waals surface area contributed by atoms with Gasteiger partial charge < -0.3 is 10.3 Å². The highest BCUT2D eigenvalue weighted by Gasteiger charge is 2.22. The number of carbonyl (C=O) groups is 1. The van der Waals surface area contributed by atoms with E-state index in [9.17, 15) is 4.79 Å². The zero-order chi connectivity index (χ0) is 14.2. The minimum absolute atomic E-state index is 0.0763. The van der Waals surface area contributed by atoms with E-state index in [0.717, 1.165) is 30.9 Å². The van der Waals surface area contributed by atoms with Gasteiger partial charge in [-0.05, 0) is 68.2 Å². The van der Waals surface area contributed by atoms with E-state index in [4.69, 9.17) is 0 Å². The van der Waals surface area contributed by atoms with Gasteiger partial charge in [-0.3, -0.25) is 4.79 Å². The number of nitrogens with one attached hydrogen (secondary N) is 2. The first-order chi connectivity index (χ1) is 10.3. The number of benzene rings is 1. The summed E-state index contributed by atoms with van der Waals surface area (Å²) < 4.78 is 0. The van der Waals surface area contributed by atoms with Gasteiger partial charge in [0.1, 0.15) is 0 Å². The van der Waals surface area contributed by atoms with Gasteiger partial charge in [0.2, 0.25) is 0 Å². The average molecular weight is 282 g/mol. The van der Waals surface area contributed by atoms with Crippen LogP contribution >= 0.6 is 0 Å². The van der Waals surface area contributed by atoms with Gasteiger partial charge in [0.05, 0.1) is 0 Å². The van der Waals surface area contributed by atoms with Gasteiger partial charge in [-0.15, -0.1) is 0 Å². The summed E-state index contributed by atoms with van der Waals surface area (Å²) in [7, 11) is 0. The Morgan fingerprint density at radius 2 is 2.05 bits per heavy atom. The predicted octanol–water partition coefficient (Wildman–Crippen LogP) is 3.58. The minimum Gasteiger partial charge on any atom is -0.358 e. The Kier molecular flexibility index (Phi) is 3.21. The summed E-state index contributed by atoms with van der Waals surface area (Å²) in [4.78, 5) is 15.8. The van der Waals surface area contributed by atoms with Gasteiger partial charge in [0.15, 0.2) is 0 Å². The van der Waals surface area contributed by atoms with E-state index in [1.54, 1.807) is 0 Å². The van der Waals surface area contributed by atoms with Crippen LogP contribution in [0.5, 0.6) is 0 Å².